The van der Waals surface area contributed by atoms with E-state index in [4.69, 9.17) is 28.3 Å². The molecule has 1 aromatic heterocycles. The van der Waals surface area contributed by atoms with Crippen LogP contribution >= 0.6 is 35.6 Å². The molecule has 29 heavy (non-hydrogen) atoms. The standard InChI is InChI=1S/C17H10Cl2N4O2.C2H6O.ClH/c1-9-2-4-13-14(6-9)22-17(21-13)10(8-20)7-11-12(18)3-5-15(16(11)19)23(24)25;1-2-3;/h2-7H,1H3,(H,21,22);3H,2H2,1H3;1H/b10-7+;;. The van der Waals surface area contributed by atoms with E-state index in [2.05, 4.69) is 9.97 Å². The van der Waals surface area contributed by atoms with E-state index >= 15 is 0 Å². The van der Waals surface area contributed by atoms with Crippen molar-refractivity contribution in [2.75, 3.05) is 6.61 Å². The van der Waals surface area contributed by atoms with E-state index in [-0.39, 0.29) is 45.9 Å². The number of hydrogen-bond acceptors (Lipinski definition) is 5. The van der Waals surface area contributed by atoms with E-state index in [0.717, 1.165) is 11.1 Å². The van der Waals surface area contributed by atoms with E-state index < -0.39 is 4.92 Å². The number of nitriles is 1. The Bertz CT molecular complexity index is 1100. The van der Waals surface area contributed by atoms with Gasteiger partial charge < -0.3 is 10.1 Å². The largest absolute Gasteiger partial charge is 0.397 e. The topological polar surface area (TPSA) is 116 Å². The molecule has 0 amide bonds. The summed E-state index contributed by atoms with van der Waals surface area (Å²) in [6.45, 7) is 3.88. The highest BCUT2D eigenvalue weighted by Crippen LogP contribution is 2.35. The third-order valence-corrected chi connectivity index (χ3v) is 4.33. The second kappa shape index (κ2) is 10.8. The van der Waals surface area contributed by atoms with Gasteiger partial charge in [0, 0.05) is 23.3 Å². The van der Waals surface area contributed by atoms with Crippen LogP contribution in [0.2, 0.25) is 10.0 Å². The van der Waals surface area contributed by atoms with Gasteiger partial charge in [0.15, 0.2) is 0 Å². The minimum Gasteiger partial charge on any atom is -0.397 e. The van der Waals surface area contributed by atoms with Crippen molar-refractivity contribution >= 4 is 64.0 Å². The summed E-state index contributed by atoms with van der Waals surface area (Å²) < 4.78 is 0. The Kier molecular flexibility index (Phi) is 9.08. The first-order valence-electron chi connectivity index (χ1n) is 8.14. The number of nitro benzene ring substituents is 1. The number of nitrogens with one attached hydrogen (secondary N) is 1. The zero-order valence-corrected chi connectivity index (χ0v) is 17.8. The molecule has 0 bridgehead atoms. The summed E-state index contributed by atoms with van der Waals surface area (Å²) in [7, 11) is 0. The molecule has 7 nitrogen and oxygen atoms in total. The van der Waals surface area contributed by atoms with Gasteiger partial charge in [-0.2, -0.15) is 5.26 Å². The number of imidazole rings is 1. The van der Waals surface area contributed by atoms with Crippen molar-refractivity contribution in [3.05, 3.63) is 67.4 Å². The van der Waals surface area contributed by atoms with E-state index in [1.165, 1.54) is 18.2 Å². The van der Waals surface area contributed by atoms with Crippen LogP contribution in [0, 0.1) is 28.4 Å². The van der Waals surface area contributed by atoms with Crippen LogP contribution in [0.3, 0.4) is 0 Å². The lowest BCUT2D eigenvalue weighted by Crippen LogP contribution is -1.92. The molecule has 0 aliphatic heterocycles. The molecule has 152 valence electrons. The highest BCUT2D eigenvalue weighted by molar-refractivity contribution is 6.38. The molecule has 0 saturated carbocycles. The fourth-order valence-corrected chi connectivity index (χ4v) is 2.93. The van der Waals surface area contributed by atoms with Crippen molar-refractivity contribution in [1.82, 2.24) is 9.97 Å². The van der Waals surface area contributed by atoms with Crippen molar-refractivity contribution in [3.63, 3.8) is 0 Å². The van der Waals surface area contributed by atoms with Gasteiger partial charge >= 0.3 is 0 Å². The summed E-state index contributed by atoms with van der Waals surface area (Å²) in [6.07, 6.45) is 1.39. The molecular weight excluding hydrogens is 439 g/mol. The van der Waals surface area contributed by atoms with Crippen LogP contribution in [-0.4, -0.2) is 26.6 Å². The van der Waals surface area contributed by atoms with Crippen molar-refractivity contribution < 1.29 is 10.0 Å². The van der Waals surface area contributed by atoms with Crippen molar-refractivity contribution in [2.24, 2.45) is 0 Å². The molecule has 10 heteroatoms. The van der Waals surface area contributed by atoms with Gasteiger partial charge in [0.25, 0.3) is 5.69 Å². The molecule has 0 fully saturated rings. The second-order valence-corrected chi connectivity index (χ2v) is 6.43. The zero-order valence-electron chi connectivity index (χ0n) is 15.4. The molecule has 0 atom stereocenters. The first kappa shape index (κ1) is 24.4. The summed E-state index contributed by atoms with van der Waals surface area (Å²) in [6, 6.07) is 10.3. The number of nitrogens with zero attached hydrogens (tertiary/aromatic N) is 3. The van der Waals surface area contributed by atoms with E-state index in [1.807, 2.05) is 31.2 Å². The van der Waals surface area contributed by atoms with Gasteiger partial charge in [-0.3, -0.25) is 10.1 Å². The number of halogens is 3. The van der Waals surface area contributed by atoms with Gasteiger partial charge in [0.2, 0.25) is 0 Å². The Balaban J connectivity index is 0.000000990. The Morgan fingerprint density at radius 2 is 2.03 bits per heavy atom. The summed E-state index contributed by atoms with van der Waals surface area (Å²) in [5.41, 5.74) is 2.62. The molecule has 0 saturated heterocycles. The Morgan fingerprint density at radius 1 is 1.38 bits per heavy atom. The van der Waals surface area contributed by atoms with Crippen LogP contribution in [-0.2, 0) is 0 Å². The first-order valence-corrected chi connectivity index (χ1v) is 8.89. The smallest absolute Gasteiger partial charge is 0.288 e. The highest BCUT2D eigenvalue weighted by atomic mass is 35.5. The molecular formula is C19H17Cl3N4O3. The maximum atomic E-state index is 11.0. The fourth-order valence-electron chi connectivity index (χ4n) is 2.38. The van der Waals surface area contributed by atoms with Crippen LogP contribution in [0.15, 0.2) is 30.3 Å². The molecule has 0 spiro atoms. The molecule has 1 heterocycles. The summed E-state index contributed by atoms with van der Waals surface area (Å²) in [4.78, 5) is 17.9. The molecule has 0 aliphatic rings. The maximum Gasteiger partial charge on any atom is 0.288 e. The Morgan fingerprint density at radius 3 is 2.62 bits per heavy atom. The molecule has 0 radical (unpaired) electrons. The molecule has 2 N–H and O–H groups in total. The second-order valence-electron chi connectivity index (χ2n) is 5.64. The van der Waals surface area contributed by atoms with Crippen LogP contribution in [0.5, 0.6) is 0 Å². The van der Waals surface area contributed by atoms with Crippen LogP contribution in [0.25, 0.3) is 22.7 Å². The SMILES string of the molecule is CCO.Cc1ccc2nc(/C(C#N)=C/c3c(Cl)ccc([N+](=O)[O-])c3Cl)[nH]c2c1.Cl. The predicted molar refractivity (Wildman–Crippen MR) is 117 cm³/mol. The van der Waals surface area contributed by atoms with Gasteiger partial charge in [-0.25, -0.2) is 4.98 Å². The number of fused-ring (bicyclic) bond motifs is 1. The van der Waals surface area contributed by atoms with Gasteiger partial charge in [0.05, 0.1) is 21.5 Å². The maximum absolute atomic E-state index is 11.0. The number of hydrogen-bond donors (Lipinski definition) is 2. The normalized spacial score (nSPS) is 10.6. The van der Waals surface area contributed by atoms with Gasteiger partial charge in [-0.05, 0) is 43.7 Å². The number of rotatable bonds is 3. The van der Waals surface area contributed by atoms with Crippen LogP contribution in [0.1, 0.15) is 23.9 Å². The van der Waals surface area contributed by atoms with Crippen molar-refractivity contribution in [3.8, 4) is 6.07 Å². The monoisotopic (exact) mass is 454 g/mol. The third kappa shape index (κ3) is 5.68. The molecule has 0 unspecified atom stereocenters. The van der Waals surface area contributed by atoms with Crippen LogP contribution < -0.4 is 0 Å². The van der Waals surface area contributed by atoms with E-state index in [9.17, 15) is 15.4 Å². The number of aliphatic hydroxyl groups is 1. The summed E-state index contributed by atoms with van der Waals surface area (Å²) >= 11 is 12.2. The quantitative estimate of drug-likeness (QED) is 0.304. The number of aromatic nitrogens is 2. The zero-order chi connectivity index (χ0) is 20.8. The van der Waals surface area contributed by atoms with Crippen LogP contribution in [0.4, 0.5) is 5.69 Å². The number of nitro groups is 1. The Labute approximate surface area is 183 Å². The average Bonchev–Trinajstić information content (AvgIpc) is 3.05. The lowest BCUT2D eigenvalue weighted by atomic mass is 10.1. The fraction of sp³-hybridized carbons (Fsp3) is 0.158. The van der Waals surface area contributed by atoms with E-state index in [1.54, 1.807) is 6.92 Å². The summed E-state index contributed by atoms with van der Waals surface area (Å²) in [5.74, 6) is 0.335. The number of aliphatic hydroxyl groups excluding tert-OH is 1. The average molecular weight is 456 g/mol. The Hall–Kier alpha value is -2.63. The minimum absolute atomic E-state index is 0. The molecule has 0 aliphatic carbocycles. The van der Waals surface area contributed by atoms with Crippen molar-refractivity contribution in [1.29, 1.82) is 5.26 Å². The molecule has 3 rings (SSSR count). The van der Waals surface area contributed by atoms with Gasteiger partial charge in [-0.15, -0.1) is 12.4 Å². The van der Waals surface area contributed by atoms with Gasteiger partial charge in [0.1, 0.15) is 16.9 Å². The number of benzene rings is 2. The van der Waals surface area contributed by atoms with E-state index in [0.29, 0.717) is 11.3 Å². The molecule has 2 aromatic carbocycles. The third-order valence-electron chi connectivity index (χ3n) is 3.60. The number of H-pyrrole nitrogens is 1. The molecule has 3 aromatic rings. The lowest BCUT2D eigenvalue weighted by molar-refractivity contribution is -0.384. The number of allylic oxidation sites excluding steroid dienone is 1. The van der Waals surface area contributed by atoms with Gasteiger partial charge in [-0.1, -0.05) is 29.3 Å². The predicted octanol–water partition coefficient (Wildman–Crippen LogP) is 5.57. The number of aryl methyl sites for hydroxylation is 1. The summed E-state index contributed by atoms with van der Waals surface area (Å²) in [5, 5.41) is 28.2. The highest BCUT2D eigenvalue weighted by Gasteiger charge is 2.19. The number of aromatic amines is 1. The lowest BCUT2D eigenvalue weighted by Gasteiger charge is -2.03. The first-order chi connectivity index (χ1) is 13.3. The van der Waals surface area contributed by atoms with Crippen molar-refractivity contribution in [2.45, 2.75) is 13.8 Å². The minimum atomic E-state index is -0.605.